The third kappa shape index (κ3) is 1.78. The van der Waals surface area contributed by atoms with Crippen LogP contribution in [0.5, 0.6) is 11.5 Å². The molecular formula is C12H13BrO4. The summed E-state index contributed by atoms with van der Waals surface area (Å²) in [6.45, 7) is 0. The van der Waals surface area contributed by atoms with Gasteiger partial charge < -0.3 is 14.9 Å². The molecule has 0 heterocycles. The number of aromatic hydroxyl groups is 1. The minimum Gasteiger partial charge on any atom is -0.508 e. The second kappa shape index (κ2) is 4.22. The molecule has 0 amide bonds. The SMILES string of the molecule is COc1cc(C2(C(=O)O)CCC2)c(O)cc1Br. The van der Waals surface area contributed by atoms with Gasteiger partial charge in [-0.25, -0.2) is 0 Å². The Bertz CT molecular complexity index is 466. The zero-order chi connectivity index (χ0) is 12.6. The molecule has 1 saturated carbocycles. The van der Waals surface area contributed by atoms with Crippen molar-refractivity contribution in [1.29, 1.82) is 0 Å². The van der Waals surface area contributed by atoms with Crippen LogP contribution < -0.4 is 4.74 Å². The van der Waals surface area contributed by atoms with Gasteiger partial charge in [0.25, 0.3) is 0 Å². The molecule has 0 radical (unpaired) electrons. The van der Waals surface area contributed by atoms with Crippen molar-refractivity contribution in [3.05, 3.63) is 22.2 Å². The van der Waals surface area contributed by atoms with E-state index in [0.717, 1.165) is 6.42 Å². The summed E-state index contributed by atoms with van der Waals surface area (Å²) < 4.78 is 5.75. The second-order valence-electron chi connectivity index (χ2n) is 4.24. The smallest absolute Gasteiger partial charge is 0.314 e. The van der Waals surface area contributed by atoms with Gasteiger partial charge in [-0.05, 0) is 40.9 Å². The molecule has 2 N–H and O–H groups in total. The van der Waals surface area contributed by atoms with Gasteiger partial charge in [0, 0.05) is 5.56 Å². The monoisotopic (exact) mass is 300 g/mol. The van der Waals surface area contributed by atoms with Crippen LogP contribution in [0.1, 0.15) is 24.8 Å². The first-order valence-corrected chi connectivity index (χ1v) is 6.11. The van der Waals surface area contributed by atoms with Crippen molar-refractivity contribution >= 4 is 21.9 Å². The van der Waals surface area contributed by atoms with Gasteiger partial charge in [-0.2, -0.15) is 0 Å². The van der Waals surface area contributed by atoms with Crippen molar-refractivity contribution in [3.63, 3.8) is 0 Å². The largest absolute Gasteiger partial charge is 0.508 e. The topological polar surface area (TPSA) is 66.8 Å². The number of rotatable bonds is 3. The van der Waals surface area contributed by atoms with Crippen LogP contribution in [0.25, 0.3) is 0 Å². The Morgan fingerprint density at radius 3 is 2.53 bits per heavy atom. The number of halogens is 1. The molecule has 4 nitrogen and oxygen atoms in total. The number of ether oxygens (including phenoxy) is 1. The molecular weight excluding hydrogens is 288 g/mol. The Hall–Kier alpha value is -1.23. The lowest BCUT2D eigenvalue weighted by atomic mass is 9.64. The highest BCUT2D eigenvalue weighted by molar-refractivity contribution is 9.10. The maximum Gasteiger partial charge on any atom is 0.314 e. The zero-order valence-electron chi connectivity index (χ0n) is 9.36. The Morgan fingerprint density at radius 1 is 1.47 bits per heavy atom. The first-order valence-electron chi connectivity index (χ1n) is 5.31. The van der Waals surface area contributed by atoms with E-state index in [4.69, 9.17) is 4.74 Å². The van der Waals surface area contributed by atoms with Gasteiger partial charge in [0.05, 0.1) is 17.0 Å². The van der Waals surface area contributed by atoms with E-state index in [1.54, 1.807) is 6.07 Å². The zero-order valence-corrected chi connectivity index (χ0v) is 11.0. The number of methoxy groups -OCH3 is 1. The maximum absolute atomic E-state index is 11.4. The molecule has 0 saturated heterocycles. The van der Waals surface area contributed by atoms with Gasteiger partial charge in [0.2, 0.25) is 0 Å². The quantitative estimate of drug-likeness (QED) is 0.900. The highest BCUT2D eigenvalue weighted by Gasteiger charge is 2.47. The summed E-state index contributed by atoms with van der Waals surface area (Å²) in [6, 6.07) is 3.09. The molecule has 1 aromatic rings. The van der Waals surface area contributed by atoms with E-state index < -0.39 is 11.4 Å². The number of hydrogen-bond donors (Lipinski definition) is 2. The minimum atomic E-state index is -0.946. The molecule has 1 fully saturated rings. The van der Waals surface area contributed by atoms with Gasteiger partial charge in [-0.15, -0.1) is 0 Å². The number of carbonyl (C=O) groups is 1. The number of phenolic OH excluding ortho intramolecular Hbond substituents is 1. The molecule has 0 bridgehead atoms. The fourth-order valence-corrected chi connectivity index (χ4v) is 2.70. The van der Waals surface area contributed by atoms with Crippen molar-refractivity contribution in [2.24, 2.45) is 0 Å². The summed E-state index contributed by atoms with van der Waals surface area (Å²) in [5.74, 6) is -0.353. The lowest BCUT2D eigenvalue weighted by Crippen LogP contribution is -2.42. The van der Waals surface area contributed by atoms with Crippen LogP contribution in [0.15, 0.2) is 16.6 Å². The molecule has 0 spiro atoms. The van der Waals surface area contributed by atoms with Crippen LogP contribution in [0, 0.1) is 0 Å². The maximum atomic E-state index is 11.4. The van der Waals surface area contributed by atoms with Crippen LogP contribution in [0.2, 0.25) is 0 Å². The summed E-state index contributed by atoms with van der Waals surface area (Å²) in [7, 11) is 1.51. The summed E-state index contributed by atoms with van der Waals surface area (Å²) >= 11 is 3.25. The fourth-order valence-electron chi connectivity index (χ4n) is 2.21. The third-order valence-corrected chi connectivity index (χ3v) is 4.02. The summed E-state index contributed by atoms with van der Waals surface area (Å²) in [4.78, 5) is 11.4. The normalized spacial score (nSPS) is 17.3. The Kier molecular flexibility index (Phi) is 3.03. The summed E-state index contributed by atoms with van der Waals surface area (Å²) in [5.41, 5.74) is -0.505. The molecule has 1 aliphatic carbocycles. The lowest BCUT2D eigenvalue weighted by Gasteiger charge is -2.38. The number of carboxylic acid groups (broad SMARTS) is 1. The first kappa shape index (κ1) is 12.2. The van der Waals surface area contributed by atoms with E-state index in [9.17, 15) is 15.0 Å². The first-order chi connectivity index (χ1) is 8.01. The van der Waals surface area contributed by atoms with Crippen molar-refractivity contribution in [2.45, 2.75) is 24.7 Å². The molecule has 1 aromatic carbocycles. The Labute approximate surface area is 107 Å². The van der Waals surface area contributed by atoms with E-state index in [2.05, 4.69) is 15.9 Å². The Morgan fingerprint density at radius 2 is 2.12 bits per heavy atom. The molecule has 0 unspecified atom stereocenters. The summed E-state index contributed by atoms with van der Waals surface area (Å²) in [6.07, 6.45) is 1.98. The van der Waals surface area contributed by atoms with E-state index in [0.29, 0.717) is 28.6 Å². The van der Waals surface area contributed by atoms with Gasteiger partial charge >= 0.3 is 5.97 Å². The van der Waals surface area contributed by atoms with Crippen molar-refractivity contribution < 1.29 is 19.7 Å². The fraction of sp³-hybridized carbons (Fsp3) is 0.417. The number of hydrogen-bond acceptors (Lipinski definition) is 3. The lowest BCUT2D eigenvalue weighted by molar-refractivity contribution is -0.147. The van der Waals surface area contributed by atoms with Crippen LogP contribution in [0.4, 0.5) is 0 Å². The van der Waals surface area contributed by atoms with Crippen LogP contribution in [0.3, 0.4) is 0 Å². The average molecular weight is 301 g/mol. The van der Waals surface area contributed by atoms with Gasteiger partial charge in [0.15, 0.2) is 0 Å². The third-order valence-electron chi connectivity index (χ3n) is 3.40. The molecule has 1 aliphatic rings. The van der Waals surface area contributed by atoms with E-state index in [1.165, 1.54) is 13.2 Å². The molecule has 0 aromatic heterocycles. The highest BCUT2D eigenvalue weighted by Crippen LogP contribution is 2.49. The predicted molar refractivity (Wildman–Crippen MR) is 65.5 cm³/mol. The van der Waals surface area contributed by atoms with Crippen LogP contribution >= 0.6 is 15.9 Å². The van der Waals surface area contributed by atoms with Crippen molar-refractivity contribution in [3.8, 4) is 11.5 Å². The van der Waals surface area contributed by atoms with E-state index >= 15 is 0 Å². The molecule has 0 atom stereocenters. The number of phenols is 1. The van der Waals surface area contributed by atoms with Crippen molar-refractivity contribution in [1.82, 2.24) is 0 Å². The number of aliphatic carboxylic acids is 1. The number of carboxylic acids is 1. The minimum absolute atomic E-state index is 0.000208. The summed E-state index contributed by atoms with van der Waals surface area (Å²) in [5, 5.41) is 19.2. The van der Waals surface area contributed by atoms with E-state index in [-0.39, 0.29) is 5.75 Å². The van der Waals surface area contributed by atoms with Gasteiger partial charge in [-0.1, -0.05) is 6.42 Å². The molecule has 2 rings (SSSR count). The van der Waals surface area contributed by atoms with Crippen LogP contribution in [-0.2, 0) is 10.2 Å². The molecule has 5 heteroatoms. The van der Waals surface area contributed by atoms with Crippen LogP contribution in [-0.4, -0.2) is 23.3 Å². The predicted octanol–water partition coefficient (Wildman–Crippen LogP) is 2.67. The second-order valence-corrected chi connectivity index (χ2v) is 5.10. The molecule has 17 heavy (non-hydrogen) atoms. The van der Waals surface area contributed by atoms with Gasteiger partial charge in [-0.3, -0.25) is 4.79 Å². The van der Waals surface area contributed by atoms with E-state index in [1.807, 2.05) is 0 Å². The number of benzene rings is 1. The average Bonchev–Trinajstić information content (AvgIpc) is 2.18. The van der Waals surface area contributed by atoms with Crippen molar-refractivity contribution in [2.75, 3.05) is 7.11 Å². The molecule has 0 aliphatic heterocycles. The Balaban J connectivity index is 2.54. The van der Waals surface area contributed by atoms with Gasteiger partial charge in [0.1, 0.15) is 11.5 Å². The standard InChI is InChI=1S/C12H13BrO4/c1-17-10-5-7(9(14)6-8(10)13)12(11(15)16)3-2-4-12/h5-6,14H,2-4H2,1H3,(H,15,16). The molecule has 92 valence electrons. The highest BCUT2D eigenvalue weighted by atomic mass is 79.9.